The molecule has 0 bridgehead atoms. The molecule has 196 valence electrons. The number of nitrogens with zero attached hydrogens (tertiary/aromatic N) is 6. The lowest BCUT2D eigenvalue weighted by Gasteiger charge is -2.48. The number of urea groups is 1. The molecule has 2 amide bonds. The van der Waals surface area contributed by atoms with Crippen LogP contribution in [-0.2, 0) is 5.41 Å². The average Bonchev–Trinajstić information content (AvgIpc) is 3.56. The van der Waals surface area contributed by atoms with Gasteiger partial charge in [-0.05, 0) is 52.4 Å². The first kappa shape index (κ1) is 24.9. The quantitative estimate of drug-likeness (QED) is 0.682. The van der Waals surface area contributed by atoms with E-state index in [2.05, 4.69) is 40.9 Å². The number of carbonyl (C=O) groups excluding carboxylic acids is 1. The summed E-state index contributed by atoms with van der Waals surface area (Å²) in [6, 6.07) is -0.866. The number of aromatic nitrogens is 3. The van der Waals surface area contributed by atoms with E-state index in [1.54, 1.807) is 4.90 Å². The van der Waals surface area contributed by atoms with E-state index < -0.39 is 12.0 Å². The van der Waals surface area contributed by atoms with E-state index >= 15 is 8.78 Å². The predicted octanol–water partition coefficient (Wildman–Crippen LogP) is 3.26. The fourth-order valence-corrected chi connectivity index (χ4v) is 6.05. The molecule has 1 aromatic rings. The molecule has 10 heteroatoms. The van der Waals surface area contributed by atoms with Gasteiger partial charge in [-0.15, -0.1) is 0 Å². The van der Waals surface area contributed by atoms with Gasteiger partial charge in [0, 0.05) is 63.2 Å². The van der Waals surface area contributed by atoms with E-state index in [9.17, 15) is 4.79 Å². The van der Waals surface area contributed by atoms with Crippen LogP contribution in [0.4, 0.5) is 13.6 Å². The number of carbonyl (C=O) groups is 1. The molecule has 2 aliphatic carbocycles. The lowest BCUT2D eigenvalue weighted by atomic mass is 9.79. The average molecular weight is 494 g/mol. The second-order valence-corrected chi connectivity index (χ2v) is 11.6. The molecule has 4 aliphatic rings. The van der Waals surface area contributed by atoms with Crippen molar-refractivity contribution in [1.29, 1.82) is 0 Å². The molecule has 0 aromatic carbocycles. The van der Waals surface area contributed by atoms with Crippen LogP contribution in [0, 0.1) is 0 Å². The van der Waals surface area contributed by atoms with Gasteiger partial charge in [0.05, 0.1) is 6.04 Å². The Kier molecular flexibility index (Phi) is 6.80. The predicted molar refractivity (Wildman–Crippen MR) is 130 cm³/mol. The number of piperidine rings is 1. The van der Waals surface area contributed by atoms with Crippen molar-refractivity contribution in [1.82, 2.24) is 34.8 Å². The molecule has 2 atom stereocenters. The van der Waals surface area contributed by atoms with Crippen LogP contribution in [0.15, 0.2) is 6.33 Å². The molecule has 0 spiro atoms. The fraction of sp³-hybridized carbons (Fsp3) is 0.880. The van der Waals surface area contributed by atoms with E-state index in [0.717, 1.165) is 57.7 Å². The largest absolute Gasteiger partial charge is 0.328 e. The van der Waals surface area contributed by atoms with Crippen molar-refractivity contribution >= 4 is 6.03 Å². The lowest BCUT2D eigenvalue weighted by Crippen LogP contribution is -2.66. The van der Waals surface area contributed by atoms with Gasteiger partial charge in [-0.1, -0.05) is 6.92 Å². The summed E-state index contributed by atoms with van der Waals surface area (Å²) in [6.07, 6.45) is 6.65. The maximum absolute atomic E-state index is 15.1. The van der Waals surface area contributed by atoms with Crippen molar-refractivity contribution in [2.24, 2.45) is 0 Å². The monoisotopic (exact) mass is 493 g/mol. The van der Waals surface area contributed by atoms with Gasteiger partial charge in [-0.3, -0.25) is 9.80 Å². The molecule has 1 unspecified atom stereocenters. The highest BCUT2D eigenvalue weighted by molar-refractivity contribution is 5.75. The Morgan fingerprint density at radius 1 is 1.06 bits per heavy atom. The topological polar surface area (TPSA) is 69.5 Å². The summed E-state index contributed by atoms with van der Waals surface area (Å²) in [4.78, 5) is 24.0. The van der Waals surface area contributed by atoms with Crippen molar-refractivity contribution in [2.45, 2.75) is 101 Å². The minimum Gasteiger partial charge on any atom is -0.328 e. The number of hydrogen-bond acceptors (Lipinski definition) is 5. The number of halogens is 2. The normalized spacial score (nSPS) is 29.9. The highest BCUT2D eigenvalue weighted by Gasteiger charge is 2.50. The van der Waals surface area contributed by atoms with E-state index in [4.69, 9.17) is 5.10 Å². The molecule has 8 nitrogen and oxygen atoms in total. The van der Waals surface area contributed by atoms with Crippen LogP contribution < -0.4 is 5.32 Å². The number of nitrogens with one attached hydrogen (secondary N) is 1. The molecule has 1 aromatic heterocycles. The highest BCUT2D eigenvalue weighted by atomic mass is 19.3. The van der Waals surface area contributed by atoms with Crippen LogP contribution in [0.1, 0.15) is 77.6 Å². The zero-order chi connectivity index (χ0) is 24.8. The van der Waals surface area contributed by atoms with Gasteiger partial charge in [-0.25, -0.2) is 23.2 Å². The SMILES string of the molecule is CC(C)N1CCN(C2CCCC(F)(F)[C@@H]2NC(=O)N2CCC(C)(c3ncn(C4CC4)n3)CC2)CC1. The number of piperazine rings is 1. The second-order valence-electron chi connectivity index (χ2n) is 11.6. The van der Waals surface area contributed by atoms with Crippen molar-refractivity contribution in [2.75, 3.05) is 39.3 Å². The summed E-state index contributed by atoms with van der Waals surface area (Å²) in [7, 11) is 0. The number of likely N-dealkylation sites (tertiary alicyclic amines) is 1. The van der Waals surface area contributed by atoms with Crippen molar-refractivity contribution in [3.05, 3.63) is 12.2 Å². The molecular weight excluding hydrogens is 452 g/mol. The zero-order valence-electron chi connectivity index (χ0n) is 21.4. The molecule has 0 radical (unpaired) electrons. The summed E-state index contributed by atoms with van der Waals surface area (Å²) >= 11 is 0. The third-order valence-electron chi connectivity index (χ3n) is 8.80. The van der Waals surface area contributed by atoms with E-state index in [-0.39, 0.29) is 23.9 Å². The third-order valence-corrected chi connectivity index (χ3v) is 8.80. The van der Waals surface area contributed by atoms with Gasteiger partial charge >= 0.3 is 6.03 Å². The first-order valence-corrected chi connectivity index (χ1v) is 13.5. The van der Waals surface area contributed by atoms with Crippen LogP contribution in [0.25, 0.3) is 0 Å². The first-order valence-electron chi connectivity index (χ1n) is 13.5. The summed E-state index contributed by atoms with van der Waals surface area (Å²) < 4.78 is 32.2. The Hall–Kier alpha value is -1.81. The number of hydrogen-bond donors (Lipinski definition) is 1. The highest BCUT2D eigenvalue weighted by Crippen LogP contribution is 2.38. The Balaban J connectivity index is 1.20. The number of amides is 2. The van der Waals surface area contributed by atoms with E-state index in [0.29, 0.717) is 38.0 Å². The summed E-state index contributed by atoms with van der Waals surface area (Å²) in [5.74, 6) is -2.05. The second kappa shape index (κ2) is 9.57. The van der Waals surface area contributed by atoms with Crippen molar-refractivity contribution in [3.63, 3.8) is 0 Å². The minimum absolute atomic E-state index is 0.159. The molecule has 2 saturated heterocycles. The fourth-order valence-electron chi connectivity index (χ4n) is 6.05. The molecule has 5 rings (SSSR count). The minimum atomic E-state index is -2.89. The van der Waals surface area contributed by atoms with Crippen LogP contribution in [-0.4, -0.2) is 98.8 Å². The van der Waals surface area contributed by atoms with E-state index in [1.807, 2.05) is 11.0 Å². The maximum Gasteiger partial charge on any atom is 0.317 e. The Morgan fingerprint density at radius 2 is 1.74 bits per heavy atom. The van der Waals surface area contributed by atoms with Gasteiger partial charge in [0.1, 0.15) is 12.4 Å². The van der Waals surface area contributed by atoms with Crippen LogP contribution in [0.3, 0.4) is 0 Å². The van der Waals surface area contributed by atoms with Crippen molar-refractivity contribution < 1.29 is 13.6 Å². The Bertz CT molecular complexity index is 886. The Labute approximate surface area is 207 Å². The summed E-state index contributed by atoms with van der Waals surface area (Å²) in [5, 5.41) is 7.51. The standard InChI is InChI=1S/C25H41F2N7O/c1-18(2)31-13-15-32(16-14-31)20-5-4-8-25(26,27)21(20)29-23(35)33-11-9-24(3,10-12-33)22-28-17-34(30-22)19-6-7-19/h17-21H,4-16H2,1-3H3,(H,29,35)/t20?,21-/m1/s1. The first-order chi connectivity index (χ1) is 16.7. The Morgan fingerprint density at radius 3 is 2.37 bits per heavy atom. The molecule has 35 heavy (non-hydrogen) atoms. The summed E-state index contributed by atoms with van der Waals surface area (Å²) in [6.45, 7) is 10.9. The molecule has 3 heterocycles. The van der Waals surface area contributed by atoms with Gasteiger partial charge < -0.3 is 10.2 Å². The van der Waals surface area contributed by atoms with Crippen LogP contribution in [0.2, 0.25) is 0 Å². The van der Waals surface area contributed by atoms with Gasteiger partial charge in [0.15, 0.2) is 5.82 Å². The number of rotatable bonds is 5. The maximum atomic E-state index is 15.1. The van der Waals surface area contributed by atoms with E-state index in [1.165, 1.54) is 0 Å². The number of alkyl halides is 2. The summed E-state index contributed by atoms with van der Waals surface area (Å²) in [5.41, 5.74) is -0.190. The van der Waals surface area contributed by atoms with Gasteiger partial charge in [-0.2, -0.15) is 5.10 Å². The molecular formula is C25H41F2N7O. The molecule has 1 N–H and O–H groups in total. The van der Waals surface area contributed by atoms with Gasteiger partial charge in [0.25, 0.3) is 5.92 Å². The lowest BCUT2D eigenvalue weighted by molar-refractivity contribution is -0.0973. The van der Waals surface area contributed by atoms with Crippen molar-refractivity contribution in [3.8, 4) is 0 Å². The zero-order valence-corrected chi connectivity index (χ0v) is 21.4. The van der Waals surface area contributed by atoms with Crippen LogP contribution >= 0.6 is 0 Å². The molecule has 2 saturated carbocycles. The third kappa shape index (κ3) is 5.19. The molecule has 4 fully saturated rings. The molecule has 2 aliphatic heterocycles. The van der Waals surface area contributed by atoms with Crippen LogP contribution in [0.5, 0.6) is 0 Å². The van der Waals surface area contributed by atoms with Gasteiger partial charge in [0.2, 0.25) is 0 Å². The smallest absolute Gasteiger partial charge is 0.317 e.